The molecule has 3 N–H and O–H groups in total. The zero-order valence-corrected chi connectivity index (χ0v) is 12.3. The third kappa shape index (κ3) is 3.34. The molecular weight excluding hydrogens is 290 g/mol. The van der Waals surface area contributed by atoms with Crippen molar-refractivity contribution in [2.75, 3.05) is 18.0 Å². The van der Waals surface area contributed by atoms with Gasteiger partial charge in [0.25, 0.3) is 0 Å². The van der Waals surface area contributed by atoms with E-state index in [-0.39, 0.29) is 17.5 Å². The Morgan fingerprint density at radius 3 is 2.86 bits per heavy atom. The molecule has 1 amide bonds. The fourth-order valence-corrected chi connectivity index (χ4v) is 2.48. The zero-order valence-electron chi connectivity index (χ0n) is 12.3. The number of nitrogens with two attached hydrogens (primary N) is 1. The van der Waals surface area contributed by atoms with Gasteiger partial charge < -0.3 is 16.0 Å². The van der Waals surface area contributed by atoms with Crippen molar-refractivity contribution in [3.63, 3.8) is 0 Å². The molecule has 0 aliphatic carbocycles. The number of anilines is 1. The van der Waals surface area contributed by atoms with Crippen LogP contribution in [-0.4, -0.2) is 31.1 Å². The van der Waals surface area contributed by atoms with E-state index < -0.39 is 17.7 Å². The van der Waals surface area contributed by atoms with Gasteiger partial charge in [-0.05, 0) is 18.9 Å². The number of nitriles is 1. The van der Waals surface area contributed by atoms with E-state index in [1.165, 1.54) is 0 Å². The first-order chi connectivity index (χ1) is 10.5. The number of nitrogens with zero attached hydrogens (tertiary/aromatic N) is 2. The number of carbonyl (C=O) groups excluding carboxylic acids is 1. The minimum atomic E-state index is -1.04. The van der Waals surface area contributed by atoms with Gasteiger partial charge in [-0.2, -0.15) is 5.26 Å². The van der Waals surface area contributed by atoms with Crippen molar-refractivity contribution < 1.29 is 13.6 Å². The molecule has 0 saturated carbocycles. The molecule has 1 aliphatic rings. The normalized spacial score (nSPS) is 18.9. The lowest BCUT2D eigenvalue weighted by atomic mass is 10.1. The Balaban J connectivity index is 2.09. The first kappa shape index (κ1) is 16.2. The van der Waals surface area contributed by atoms with Crippen LogP contribution in [-0.2, 0) is 4.79 Å². The minimum Gasteiger partial charge on any atom is -0.368 e. The number of amides is 1. The van der Waals surface area contributed by atoms with E-state index in [0.717, 1.165) is 12.1 Å². The predicted octanol–water partition coefficient (Wildman–Crippen LogP) is 1.27. The topological polar surface area (TPSA) is 82.2 Å². The molecule has 0 spiro atoms. The second-order valence-corrected chi connectivity index (χ2v) is 5.35. The summed E-state index contributed by atoms with van der Waals surface area (Å²) < 4.78 is 26.6. The maximum atomic E-state index is 13.4. The SMILES string of the molecule is CC[C@H](N)C(=O)N[C@H]1CCN(c2cc(F)c(F)cc2C#N)C1. The smallest absolute Gasteiger partial charge is 0.237 e. The van der Waals surface area contributed by atoms with Crippen molar-refractivity contribution in [1.82, 2.24) is 5.32 Å². The molecule has 7 heteroatoms. The van der Waals surface area contributed by atoms with Gasteiger partial charge in [-0.15, -0.1) is 0 Å². The Morgan fingerprint density at radius 1 is 1.55 bits per heavy atom. The lowest BCUT2D eigenvalue weighted by molar-refractivity contribution is -0.123. The molecule has 0 radical (unpaired) electrons. The van der Waals surface area contributed by atoms with Crippen molar-refractivity contribution >= 4 is 11.6 Å². The lowest BCUT2D eigenvalue weighted by Crippen LogP contribution is -2.46. The summed E-state index contributed by atoms with van der Waals surface area (Å²) in [5.41, 5.74) is 6.09. The highest BCUT2D eigenvalue weighted by molar-refractivity contribution is 5.81. The van der Waals surface area contributed by atoms with Crippen LogP contribution < -0.4 is 16.0 Å². The Bertz CT molecular complexity index is 614. The van der Waals surface area contributed by atoms with E-state index in [9.17, 15) is 13.6 Å². The van der Waals surface area contributed by atoms with Crippen LogP contribution in [0.1, 0.15) is 25.3 Å². The van der Waals surface area contributed by atoms with Crippen LogP contribution in [0, 0.1) is 23.0 Å². The first-order valence-corrected chi connectivity index (χ1v) is 7.16. The van der Waals surface area contributed by atoms with E-state index in [1.807, 2.05) is 13.0 Å². The molecule has 5 nitrogen and oxygen atoms in total. The summed E-state index contributed by atoms with van der Waals surface area (Å²) in [4.78, 5) is 13.5. The van der Waals surface area contributed by atoms with E-state index >= 15 is 0 Å². The van der Waals surface area contributed by atoms with Crippen LogP contribution in [0.15, 0.2) is 12.1 Å². The summed E-state index contributed by atoms with van der Waals surface area (Å²) >= 11 is 0. The lowest BCUT2D eigenvalue weighted by Gasteiger charge is -2.21. The maximum Gasteiger partial charge on any atom is 0.237 e. The molecule has 1 aromatic rings. The fourth-order valence-electron chi connectivity index (χ4n) is 2.48. The average molecular weight is 308 g/mol. The quantitative estimate of drug-likeness (QED) is 0.877. The maximum absolute atomic E-state index is 13.4. The van der Waals surface area contributed by atoms with E-state index in [1.54, 1.807) is 4.90 Å². The summed E-state index contributed by atoms with van der Waals surface area (Å²) in [6.07, 6.45) is 1.20. The molecule has 2 rings (SSSR count). The van der Waals surface area contributed by atoms with E-state index in [4.69, 9.17) is 11.0 Å². The Labute approximate surface area is 127 Å². The number of carbonyl (C=O) groups is 1. The minimum absolute atomic E-state index is 0.0798. The second kappa shape index (κ2) is 6.71. The van der Waals surface area contributed by atoms with Crippen molar-refractivity contribution in [3.05, 3.63) is 29.3 Å². The van der Waals surface area contributed by atoms with Crippen LogP contribution in [0.4, 0.5) is 14.5 Å². The van der Waals surface area contributed by atoms with Gasteiger partial charge in [-0.25, -0.2) is 8.78 Å². The van der Waals surface area contributed by atoms with E-state index in [2.05, 4.69) is 5.32 Å². The van der Waals surface area contributed by atoms with Crippen molar-refractivity contribution in [3.8, 4) is 6.07 Å². The van der Waals surface area contributed by atoms with Gasteiger partial charge in [0.05, 0.1) is 17.3 Å². The highest BCUT2D eigenvalue weighted by Gasteiger charge is 2.27. The summed E-state index contributed by atoms with van der Waals surface area (Å²) in [6.45, 7) is 2.81. The van der Waals surface area contributed by atoms with E-state index in [0.29, 0.717) is 31.6 Å². The molecule has 1 aromatic carbocycles. The van der Waals surface area contributed by atoms with Gasteiger partial charge in [0.1, 0.15) is 6.07 Å². The largest absolute Gasteiger partial charge is 0.368 e. The Kier molecular flexibility index (Phi) is 4.93. The zero-order chi connectivity index (χ0) is 16.3. The van der Waals surface area contributed by atoms with Crippen LogP contribution >= 0.6 is 0 Å². The van der Waals surface area contributed by atoms with Crippen molar-refractivity contribution in [1.29, 1.82) is 5.26 Å². The molecule has 0 aromatic heterocycles. The van der Waals surface area contributed by atoms with Gasteiger partial charge in [0, 0.05) is 25.2 Å². The van der Waals surface area contributed by atoms with Gasteiger partial charge in [-0.1, -0.05) is 6.92 Å². The molecular formula is C15H18F2N4O. The molecule has 1 fully saturated rings. The number of nitrogens with one attached hydrogen (secondary N) is 1. The molecule has 1 heterocycles. The highest BCUT2D eigenvalue weighted by atomic mass is 19.2. The molecule has 2 atom stereocenters. The number of rotatable bonds is 4. The third-order valence-corrected chi connectivity index (χ3v) is 3.81. The van der Waals surface area contributed by atoms with Crippen LogP contribution in [0.2, 0.25) is 0 Å². The second-order valence-electron chi connectivity index (χ2n) is 5.35. The summed E-state index contributed by atoms with van der Waals surface area (Å²) in [5, 5.41) is 11.9. The third-order valence-electron chi connectivity index (χ3n) is 3.81. The average Bonchev–Trinajstić information content (AvgIpc) is 2.96. The van der Waals surface area contributed by atoms with Crippen LogP contribution in [0.3, 0.4) is 0 Å². The fraction of sp³-hybridized carbons (Fsp3) is 0.467. The predicted molar refractivity (Wildman–Crippen MR) is 78.1 cm³/mol. The highest BCUT2D eigenvalue weighted by Crippen LogP contribution is 2.26. The molecule has 1 saturated heterocycles. The van der Waals surface area contributed by atoms with Crippen molar-refractivity contribution in [2.45, 2.75) is 31.8 Å². The Morgan fingerprint density at radius 2 is 2.23 bits per heavy atom. The van der Waals surface area contributed by atoms with Gasteiger partial charge in [0.2, 0.25) is 5.91 Å². The Hall–Kier alpha value is -2.20. The molecule has 22 heavy (non-hydrogen) atoms. The molecule has 0 bridgehead atoms. The molecule has 118 valence electrons. The monoisotopic (exact) mass is 308 g/mol. The first-order valence-electron chi connectivity index (χ1n) is 7.16. The van der Waals surface area contributed by atoms with Crippen LogP contribution in [0.25, 0.3) is 0 Å². The molecule has 1 aliphatic heterocycles. The van der Waals surface area contributed by atoms with Gasteiger partial charge in [0.15, 0.2) is 11.6 Å². The number of hydrogen-bond donors (Lipinski definition) is 2. The van der Waals surface area contributed by atoms with Crippen LogP contribution in [0.5, 0.6) is 0 Å². The summed E-state index contributed by atoms with van der Waals surface area (Å²) in [5.74, 6) is -2.26. The molecule has 0 unspecified atom stereocenters. The standard InChI is InChI=1S/C15H18F2N4O/c1-2-13(19)15(22)20-10-3-4-21(8-10)14-6-12(17)11(16)5-9(14)7-18/h5-6,10,13H,2-4,8,19H2,1H3,(H,20,22)/t10-,13-/m0/s1. The number of benzene rings is 1. The number of hydrogen-bond acceptors (Lipinski definition) is 4. The summed E-state index contributed by atoms with van der Waals surface area (Å²) in [7, 11) is 0. The van der Waals surface area contributed by atoms with Crippen molar-refractivity contribution in [2.24, 2.45) is 5.73 Å². The van der Waals surface area contributed by atoms with Gasteiger partial charge in [-0.3, -0.25) is 4.79 Å². The summed E-state index contributed by atoms with van der Waals surface area (Å²) in [6, 6.07) is 3.11. The van der Waals surface area contributed by atoms with Gasteiger partial charge >= 0.3 is 0 Å². The number of halogens is 2.